The minimum atomic E-state index is -0.324. The molecule has 0 radical (unpaired) electrons. The van der Waals surface area contributed by atoms with Crippen molar-refractivity contribution in [3.05, 3.63) is 33.1 Å². The lowest BCUT2D eigenvalue weighted by Gasteiger charge is -2.35. The van der Waals surface area contributed by atoms with E-state index in [-0.39, 0.29) is 17.1 Å². The van der Waals surface area contributed by atoms with Gasteiger partial charge in [0.05, 0.1) is 5.56 Å². The molecule has 5 heteroatoms. The Morgan fingerprint density at radius 3 is 2.65 bits per heavy atom. The van der Waals surface area contributed by atoms with Crippen LogP contribution in [0.1, 0.15) is 42.5 Å². The lowest BCUT2D eigenvalue weighted by Crippen LogP contribution is -2.40. The van der Waals surface area contributed by atoms with Crippen LogP contribution in [-0.4, -0.2) is 18.3 Å². The van der Waals surface area contributed by atoms with Gasteiger partial charge >= 0.3 is 0 Å². The average Bonchev–Trinajstić information content (AvgIpc) is 2.46. The van der Waals surface area contributed by atoms with Crippen LogP contribution in [0.25, 0.3) is 0 Å². The zero-order valence-corrected chi connectivity index (χ0v) is 14.1. The summed E-state index contributed by atoms with van der Waals surface area (Å²) in [5.74, 6) is 0.105. The molecule has 0 aromatic heterocycles. The molecule has 0 bridgehead atoms. The van der Waals surface area contributed by atoms with Crippen LogP contribution in [0.4, 0.5) is 4.39 Å². The Morgan fingerprint density at radius 1 is 1.35 bits per heavy atom. The Morgan fingerprint density at radius 2 is 2.05 bits per heavy atom. The Kier molecular flexibility index (Phi) is 5.66. The quantitative estimate of drug-likeness (QED) is 0.581. The molecule has 20 heavy (non-hydrogen) atoms. The lowest BCUT2D eigenvalue weighted by molar-refractivity contribution is 0.0920. The van der Waals surface area contributed by atoms with Crippen LogP contribution in [-0.2, 0) is 0 Å². The Labute approximate surface area is 137 Å². The predicted octanol–water partition coefficient (Wildman–Crippen LogP) is 4.35. The second-order valence-electron chi connectivity index (χ2n) is 5.50. The van der Waals surface area contributed by atoms with Gasteiger partial charge < -0.3 is 5.32 Å². The van der Waals surface area contributed by atoms with Gasteiger partial charge in [-0.3, -0.25) is 4.79 Å². The molecule has 1 aromatic carbocycles. The molecule has 0 atom stereocenters. The van der Waals surface area contributed by atoms with Gasteiger partial charge in [0.15, 0.2) is 0 Å². The highest BCUT2D eigenvalue weighted by molar-refractivity contribution is 14.1. The van der Waals surface area contributed by atoms with E-state index in [1.807, 2.05) is 22.6 Å². The summed E-state index contributed by atoms with van der Waals surface area (Å²) in [7, 11) is 0. The second-order valence-corrected chi connectivity index (χ2v) is 6.93. The van der Waals surface area contributed by atoms with Crippen molar-refractivity contribution in [2.75, 3.05) is 12.4 Å². The third kappa shape index (κ3) is 3.85. The number of carbonyl (C=O) groups excluding carboxylic acids is 1. The smallest absolute Gasteiger partial charge is 0.252 e. The van der Waals surface area contributed by atoms with Gasteiger partial charge in [-0.1, -0.05) is 19.3 Å². The molecule has 2 rings (SSSR count). The maximum Gasteiger partial charge on any atom is 0.252 e. The molecule has 0 spiro atoms. The summed E-state index contributed by atoms with van der Waals surface area (Å²) in [6.07, 6.45) is 5.74. The van der Waals surface area contributed by atoms with E-state index in [0.29, 0.717) is 21.6 Å². The van der Waals surface area contributed by atoms with E-state index in [4.69, 9.17) is 11.6 Å². The molecule has 1 aromatic rings. The van der Waals surface area contributed by atoms with Crippen molar-refractivity contribution in [1.29, 1.82) is 0 Å². The van der Waals surface area contributed by atoms with Crippen LogP contribution in [0.2, 0.25) is 0 Å². The fourth-order valence-corrected chi connectivity index (χ4v) is 3.78. The highest BCUT2D eigenvalue weighted by Crippen LogP contribution is 2.36. The molecular formula is C15H18ClFINO. The molecule has 1 saturated carbocycles. The standard InChI is InChI=1S/C15H18ClFINO/c16-9-15(6-2-1-3-7-15)10-19-14(20)12-5-4-11(17)8-13(12)18/h4-5,8H,1-3,6-7,9-10H2,(H,19,20). The number of rotatable bonds is 4. The third-order valence-electron chi connectivity index (χ3n) is 4.00. The van der Waals surface area contributed by atoms with Crippen LogP contribution in [0.5, 0.6) is 0 Å². The molecular weight excluding hydrogens is 392 g/mol. The predicted molar refractivity (Wildman–Crippen MR) is 87.7 cm³/mol. The van der Waals surface area contributed by atoms with Crippen LogP contribution in [0.3, 0.4) is 0 Å². The number of amides is 1. The van der Waals surface area contributed by atoms with Gasteiger partial charge in [0, 0.05) is 21.4 Å². The van der Waals surface area contributed by atoms with Gasteiger partial charge in [0.1, 0.15) is 5.82 Å². The van der Waals surface area contributed by atoms with Crippen LogP contribution >= 0.6 is 34.2 Å². The maximum absolute atomic E-state index is 13.0. The van der Waals surface area contributed by atoms with Gasteiger partial charge in [-0.15, -0.1) is 11.6 Å². The van der Waals surface area contributed by atoms with E-state index >= 15 is 0 Å². The Bertz CT molecular complexity index is 489. The number of alkyl halides is 1. The maximum atomic E-state index is 13.0. The number of carbonyl (C=O) groups is 1. The van der Waals surface area contributed by atoms with Gasteiger partial charge in [0.25, 0.3) is 5.91 Å². The number of hydrogen-bond donors (Lipinski definition) is 1. The summed E-state index contributed by atoms with van der Waals surface area (Å²) in [6.45, 7) is 0.600. The van der Waals surface area contributed by atoms with Gasteiger partial charge in [-0.25, -0.2) is 4.39 Å². The minimum absolute atomic E-state index is 0.0287. The van der Waals surface area contributed by atoms with Crippen molar-refractivity contribution in [3.8, 4) is 0 Å². The fourth-order valence-electron chi connectivity index (χ4n) is 2.70. The monoisotopic (exact) mass is 409 g/mol. The zero-order valence-electron chi connectivity index (χ0n) is 11.2. The first-order valence-electron chi connectivity index (χ1n) is 6.86. The summed E-state index contributed by atoms with van der Waals surface area (Å²) in [6, 6.07) is 4.21. The SMILES string of the molecule is O=C(NCC1(CCl)CCCCC1)c1ccc(F)cc1I. The first-order chi connectivity index (χ1) is 9.56. The van der Waals surface area contributed by atoms with Crippen molar-refractivity contribution in [1.82, 2.24) is 5.32 Å². The van der Waals surface area contributed by atoms with Crippen LogP contribution in [0, 0.1) is 14.8 Å². The third-order valence-corrected chi connectivity index (χ3v) is 5.46. The molecule has 2 nitrogen and oxygen atoms in total. The minimum Gasteiger partial charge on any atom is -0.351 e. The molecule has 1 aliphatic rings. The highest BCUT2D eigenvalue weighted by atomic mass is 127. The molecule has 1 fully saturated rings. The Balaban J connectivity index is 2.00. The van der Waals surface area contributed by atoms with E-state index in [1.54, 1.807) is 0 Å². The molecule has 1 N–H and O–H groups in total. The summed E-state index contributed by atoms with van der Waals surface area (Å²) in [5.41, 5.74) is 0.550. The molecule has 0 unspecified atom stereocenters. The first-order valence-corrected chi connectivity index (χ1v) is 8.47. The molecule has 0 aliphatic heterocycles. The zero-order chi connectivity index (χ0) is 14.6. The van der Waals surface area contributed by atoms with Gasteiger partial charge in [-0.2, -0.15) is 0 Å². The van der Waals surface area contributed by atoms with Crippen molar-refractivity contribution in [3.63, 3.8) is 0 Å². The molecule has 0 heterocycles. The van der Waals surface area contributed by atoms with Crippen LogP contribution < -0.4 is 5.32 Å². The summed E-state index contributed by atoms with van der Waals surface area (Å²) >= 11 is 8.10. The second kappa shape index (κ2) is 7.07. The van der Waals surface area contributed by atoms with E-state index in [0.717, 1.165) is 12.8 Å². The van der Waals surface area contributed by atoms with E-state index in [9.17, 15) is 9.18 Å². The topological polar surface area (TPSA) is 29.1 Å². The average molecular weight is 410 g/mol. The van der Waals surface area contributed by atoms with Crippen molar-refractivity contribution in [2.45, 2.75) is 32.1 Å². The van der Waals surface area contributed by atoms with Crippen molar-refractivity contribution in [2.24, 2.45) is 5.41 Å². The van der Waals surface area contributed by atoms with E-state index in [1.165, 1.54) is 37.5 Å². The number of halogens is 3. The normalized spacial score (nSPS) is 17.8. The number of hydrogen-bond acceptors (Lipinski definition) is 1. The van der Waals surface area contributed by atoms with Crippen LogP contribution in [0.15, 0.2) is 18.2 Å². The lowest BCUT2D eigenvalue weighted by atomic mass is 9.75. The molecule has 1 aliphatic carbocycles. The fraction of sp³-hybridized carbons (Fsp3) is 0.533. The molecule has 0 saturated heterocycles. The van der Waals surface area contributed by atoms with Gasteiger partial charge in [-0.05, 0) is 53.6 Å². The first kappa shape index (κ1) is 16.0. The van der Waals surface area contributed by atoms with E-state index in [2.05, 4.69) is 5.32 Å². The summed E-state index contributed by atoms with van der Waals surface area (Å²) in [5, 5.41) is 2.97. The van der Waals surface area contributed by atoms with Crippen molar-refractivity contribution >= 4 is 40.1 Å². The summed E-state index contributed by atoms with van der Waals surface area (Å²) in [4.78, 5) is 12.2. The van der Waals surface area contributed by atoms with E-state index < -0.39 is 0 Å². The van der Waals surface area contributed by atoms with Gasteiger partial charge in [0.2, 0.25) is 0 Å². The molecule has 110 valence electrons. The highest BCUT2D eigenvalue weighted by Gasteiger charge is 2.31. The largest absolute Gasteiger partial charge is 0.351 e. The number of nitrogens with one attached hydrogen (secondary N) is 1. The Hall–Kier alpha value is -0.360. The molecule has 1 amide bonds. The summed E-state index contributed by atoms with van der Waals surface area (Å²) < 4.78 is 13.7. The number of benzene rings is 1. The van der Waals surface area contributed by atoms with Crippen molar-refractivity contribution < 1.29 is 9.18 Å².